The van der Waals surface area contributed by atoms with E-state index in [9.17, 15) is 0 Å². The van der Waals surface area contributed by atoms with Crippen LogP contribution in [-0.4, -0.2) is 11.1 Å². The van der Waals surface area contributed by atoms with Crippen LogP contribution in [0.3, 0.4) is 0 Å². The van der Waals surface area contributed by atoms with E-state index in [4.69, 9.17) is 5.73 Å². The van der Waals surface area contributed by atoms with Gasteiger partial charge in [-0.15, -0.1) is 0 Å². The first-order valence-electron chi connectivity index (χ1n) is 6.16. The molecule has 2 nitrogen and oxygen atoms in total. The molecule has 2 rings (SSSR count). The monoisotopic (exact) mass is 228 g/mol. The van der Waals surface area contributed by atoms with Crippen LogP contribution in [0.15, 0.2) is 30.3 Å². The second kappa shape index (κ2) is 5.19. The summed E-state index contributed by atoms with van der Waals surface area (Å²) in [5.41, 5.74) is 9.44. The highest BCUT2D eigenvalue weighted by Gasteiger charge is 2.07. The molecule has 0 aliphatic carbocycles. The van der Waals surface area contributed by atoms with Crippen molar-refractivity contribution in [2.45, 2.75) is 19.8 Å². The molecule has 90 valence electrons. The lowest BCUT2D eigenvalue weighted by molar-refractivity contribution is 0.857. The SMILES string of the molecule is Cc1c(/C=C/CCCN)c2ccccc2n1C. The maximum absolute atomic E-state index is 5.49. The van der Waals surface area contributed by atoms with Crippen molar-refractivity contribution in [1.29, 1.82) is 0 Å². The van der Waals surface area contributed by atoms with Gasteiger partial charge in [0.05, 0.1) is 0 Å². The summed E-state index contributed by atoms with van der Waals surface area (Å²) >= 11 is 0. The summed E-state index contributed by atoms with van der Waals surface area (Å²) in [5, 5.41) is 1.33. The Balaban J connectivity index is 2.39. The highest BCUT2D eigenvalue weighted by atomic mass is 14.9. The molecule has 0 unspecified atom stereocenters. The quantitative estimate of drug-likeness (QED) is 0.800. The van der Waals surface area contributed by atoms with Crippen LogP contribution in [0.1, 0.15) is 24.1 Å². The van der Waals surface area contributed by atoms with Crippen LogP contribution in [0, 0.1) is 6.92 Å². The molecule has 0 bridgehead atoms. The van der Waals surface area contributed by atoms with Crippen molar-refractivity contribution in [2.24, 2.45) is 12.8 Å². The highest BCUT2D eigenvalue weighted by Crippen LogP contribution is 2.25. The maximum Gasteiger partial charge on any atom is 0.0486 e. The first kappa shape index (κ1) is 11.9. The molecule has 0 fully saturated rings. The first-order valence-corrected chi connectivity index (χ1v) is 6.16. The summed E-state index contributed by atoms with van der Waals surface area (Å²) in [5.74, 6) is 0. The Labute approximate surface area is 103 Å². The number of nitrogens with two attached hydrogens (primary N) is 1. The number of hydrogen-bond acceptors (Lipinski definition) is 1. The Hall–Kier alpha value is -1.54. The van der Waals surface area contributed by atoms with E-state index in [0.29, 0.717) is 0 Å². The number of allylic oxidation sites excluding steroid dienone is 1. The molecule has 0 saturated heterocycles. The number of benzene rings is 1. The zero-order chi connectivity index (χ0) is 12.3. The molecule has 0 atom stereocenters. The van der Waals surface area contributed by atoms with Gasteiger partial charge in [-0.2, -0.15) is 0 Å². The van der Waals surface area contributed by atoms with E-state index in [2.05, 4.69) is 55.0 Å². The number of hydrogen-bond donors (Lipinski definition) is 1. The van der Waals surface area contributed by atoms with Gasteiger partial charge in [0.25, 0.3) is 0 Å². The second-order valence-corrected chi connectivity index (χ2v) is 4.41. The fourth-order valence-corrected chi connectivity index (χ4v) is 2.20. The normalized spacial score (nSPS) is 11.7. The van der Waals surface area contributed by atoms with Gasteiger partial charge < -0.3 is 10.3 Å². The Morgan fingerprint density at radius 1 is 1.29 bits per heavy atom. The molecule has 2 heteroatoms. The molecule has 1 heterocycles. The Bertz CT molecular complexity index is 535. The van der Waals surface area contributed by atoms with Gasteiger partial charge in [-0.1, -0.05) is 30.4 Å². The van der Waals surface area contributed by atoms with Gasteiger partial charge in [0.15, 0.2) is 0 Å². The molecule has 0 amide bonds. The third-order valence-corrected chi connectivity index (χ3v) is 3.31. The summed E-state index contributed by atoms with van der Waals surface area (Å²) in [6.45, 7) is 2.93. The number of unbranched alkanes of at least 4 members (excludes halogenated alkanes) is 1. The molecule has 1 aromatic heterocycles. The van der Waals surface area contributed by atoms with Crippen molar-refractivity contribution < 1.29 is 0 Å². The summed E-state index contributed by atoms with van der Waals surface area (Å²) < 4.78 is 2.25. The minimum atomic E-state index is 0.763. The number of nitrogens with zero attached hydrogens (tertiary/aromatic N) is 1. The van der Waals surface area contributed by atoms with Crippen LogP contribution in [-0.2, 0) is 7.05 Å². The molecule has 0 saturated carbocycles. The van der Waals surface area contributed by atoms with Crippen molar-refractivity contribution in [1.82, 2.24) is 4.57 Å². The van der Waals surface area contributed by atoms with E-state index in [1.165, 1.54) is 22.2 Å². The van der Waals surface area contributed by atoms with Crippen molar-refractivity contribution in [3.8, 4) is 0 Å². The third-order valence-electron chi connectivity index (χ3n) is 3.31. The zero-order valence-corrected chi connectivity index (χ0v) is 10.6. The van der Waals surface area contributed by atoms with Gasteiger partial charge >= 0.3 is 0 Å². The van der Waals surface area contributed by atoms with Crippen LogP contribution >= 0.6 is 0 Å². The fraction of sp³-hybridized carbons (Fsp3) is 0.333. The molecule has 0 spiro atoms. The van der Waals surface area contributed by atoms with Crippen LogP contribution in [0.25, 0.3) is 17.0 Å². The number of para-hydroxylation sites is 1. The lowest BCUT2D eigenvalue weighted by Gasteiger charge is -1.97. The standard InChI is InChI=1S/C15H20N2/c1-12-13(8-4-3-7-11-16)14-9-5-6-10-15(14)17(12)2/h4-6,8-10H,3,7,11,16H2,1-2H3/b8-4+. The third kappa shape index (κ3) is 2.27. The zero-order valence-electron chi connectivity index (χ0n) is 10.6. The van der Waals surface area contributed by atoms with Crippen LogP contribution < -0.4 is 5.73 Å². The fourth-order valence-electron chi connectivity index (χ4n) is 2.20. The largest absolute Gasteiger partial charge is 0.347 e. The Morgan fingerprint density at radius 2 is 2.06 bits per heavy atom. The molecule has 0 aliphatic rings. The maximum atomic E-state index is 5.49. The number of rotatable bonds is 4. The summed E-state index contributed by atoms with van der Waals surface area (Å²) in [4.78, 5) is 0. The average Bonchev–Trinajstić information content (AvgIpc) is 2.60. The molecule has 0 radical (unpaired) electrons. The first-order chi connectivity index (χ1) is 8.25. The van der Waals surface area contributed by atoms with E-state index < -0.39 is 0 Å². The molecule has 2 N–H and O–H groups in total. The van der Waals surface area contributed by atoms with Gasteiger partial charge in [0.1, 0.15) is 0 Å². The summed E-state index contributed by atoms with van der Waals surface area (Å²) in [7, 11) is 2.12. The van der Waals surface area contributed by atoms with E-state index in [1.54, 1.807) is 0 Å². The molecular weight excluding hydrogens is 208 g/mol. The van der Waals surface area contributed by atoms with E-state index in [1.807, 2.05) is 0 Å². The molecule has 2 aromatic rings. The lowest BCUT2D eigenvalue weighted by Crippen LogP contribution is -1.96. The van der Waals surface area contributed by atoms with Gasteiger partial charge in [-0.3, -0.25) is 0 Å². The smallest absolute Gasteiger partial charge is 0.0486 e. The summed E-state index contributed by atoms with van der Waals surface area (Å²) in [6, 6.07) is 8.53. The van der Waals surface area contributed by atoms with Crippen LogP contribution in [0.2, 0.25) is 0 Å². The van der Waals surface area contributed by atoms with E-state index in [-0.39, 0.29) is 0 Å². The van der Waals surface area contributed by atoms with Gasteiger partial charge in [0.2, 0.25) is 0 Å². The molecule has 0 aliphatic heterocycles. The predicted octanol–water partition coefficient (Wildman–Crippen LogP) is 3.24. The second-order valence-electron chi connectivity index (χ2n) is 4.41. The lowest BCUT2D eigenvalue weighted by atomic mass is 10.1. The minimum absolute atomic E-state index is 0.763. The Morgan fingerprint density at radius 3 is 2.82 bits per heavy atom. The van der Waals surface area contributed by atoms with Crippen LogP contribution in [0.5, 0.6) is 0 Å². The topological polar surface area (TPSA) is 30.9 Å². The van der Waals surface area contributed by atoms with Crippen LogP contribution in [0.4, 0.5) is 0 Å². The minimum Gasteiger partial charge on any atom is -0.347 e. The van der Waals surface area contributed by atoms with Crippen molar-refractivity contribution in [2.75, 3.05) is 6.54 Å². The van der Waals surface area contributed by atoms with E-state index >= 15 is 0 Å². The number of fused-ring (bicyclic) bond motifs is 1. The Kier molecular flexibility index (Phi) is 3.64. The number of aryl methyl sites for hydroxylation is 1. The molecule has 17 heavy (non-hydrogen) atoms. The van der Waals surface area contributed by atoms with Crippen molar-refractivity contribution >= 4 is 17.0 Å². The summed E-state index contributed by atoms with van der Waals surface area (Å²) in [6.07, 6.45) is 6.56. The average molecular weight is 228 g/mol. The van der Waals surface area contributed by atoms with Gasteiger partial charge in [-0.25, -0.2) is 0 Å². The molecule has 1 aromatic carbocycles. The van der Waals surface area contributed by atoms with Crippen molar-refractivity contribution in [3.63, 3.8) is 0 Å². The molecular formula is C15H20N2. The highest BCUT2D eigenvalue weighted by molar-refractivity contribution is 5.91. The van der Waals surface area contributed by atoms with E-state index in [0.717, 1.165) is 19.4 Å². The van der Waals surface area contributed by atoms with Gasteiger partial charge in [0, 0.05) is 29.2 Å². The van der Waals surface area contributed by atoms with Gasteiger partial charge in [-0.05, 0) is 32.4 Å². The number of aromatic nitrogens is 1. The van der Waals surface area contributed by atoms with Crippen molar-refractivity contribution in [3.05, 3.63) is 41.6 Å². The predicted molar refractivity (Wildman–Crippen MR) is 75.0 cm³/mol.